The summed E-state index contributed by atoms with van der Waals surface area (Å²) in [4.78, 5) is 0. The van der Waals surface area contributed by atoms with Gasteiger partial charge in [0.1, 0.15) is 0 Å². The topological polar surface area (TPSA) is 40.5 Å². The smallest absolute Gasteiger partial charge is 0.270 e. The molecular formula is C4H5Cl3O2. The van der Waals surface area contributed by atoms with Crippen LogP contribution in [-0.2, 0) is 0 Å². The number of aliphatic hydroxyl groups is 2. The van der Waals surface area contributed by atoms with Crippen molar-refractivity contribution in [3.8, 4) is 0 Å². The predicted octanol–water partition coefficient (Wildman–Crippen LogP) is 2.70. The molecule has 0 fully saturated rings. The molecule has 0 aromatic carbocycles. The first-order valence-electron chi connectivity index (χ1n) is 2.06. The van der Waals surface area contributed by atoms with Gasteiger partial charge in [0.15, 0.2) is 3.79 Å². The standard InChI is InChI=1S/C4H5Cl3O2/c5-4(6,7)2-1-3(8)9/h1,8-9H,2H2. The lowest BCUT2D eigenvalue weighted by atomic mass is 10.4. The van der Waals surface area contributed by atoms with Gasteiger partial charge in [-0.15, -0.1) is 0 Å². The molecule has 0 amide bonds. The number of halogens is 3. The molecule has 0 radical (unpaired) electrons. The molecule has 5 heteroatoms. The third-order valence-electron chi connectivity index (χ3n) is 0.516. The van der Waals surface area contributed by atoms with E-state index in [2.05, 4.69) is 0 Å². The van der Waals surface area contributed by atoms with Crippen LogP contribution >= 0.6 is 34.8 Å². The number of aliphatic hydroxyl groups excluding tert-OH is 1. The molecule has 0 aromatic rings. The second-order valence-electron chi connectivity index (χ2n) is 1.38. The van der Waals surface area contributed by atoms with Gasteiger partial charge in [-0.1, -0.05) is 34.8 Å². The maximum atomic E-state index is 8.16. The summed E-state index contributed by atoms with van der Waals surface area (Å²) in [5, 5.41) is 16.3. The normalized spacial score (nSPS) is 11.0. The quantitative estimate of drug-likeness (QED) is 0.494. The Labute approximate surface area is 67.6 Å². The highest BCUT2D eigenvalue weighted by atomic mass is 35.6. The average Bonchev–Trinajstić information content (AvgIpc) is 1.59. The van der Waals surface area contributed by atoms with Gasteiger partial charge in [-0.2, -0.15) is 0 Å². The number of hydrogen-bond donors (Lipinski definition) is 2. The molecule has 0 aliphatic rings. The first-order valence-corrected chi connectivity index (χ1v) is 3.20. The zero-order valence-corrected chi connectivity index (χ0v) is 6.58. The van der Waals surface area contributed by atoms with Crippen LogP contribution in [0.25, 0.3) is 0 Å². The molecule has 0 rings (SSSR count). The molecule has 9 heavy (non-hydrogen) atoms. The van der Waals surface area contributed by atoms with E-state index in [1.807, 2.05) is 0 Å². The van der Waals surface area contributed by atoms with E-state index >= 15 is 0 Å². The van der Waals surface area contributed by atoms with E-state index < -0.39 is 9.74 Å². The van der Waals surface area contributed by atoms with Crippen LogP contribution in [0.5, 0.6) is 0 Å². The van der Waals surface area contributed by atoms with Crippen LogP contribution in [-0.4, -0.2) is 14.0 Å². The summed E-state index contributed by atoms with van der Waals surface area (Å²) in [6.07, 6.45) is 0.993. The van der Waals surface area contributed by atoms with Gasteiger partial charge in [0.25, 0.3) is 5.95 Å². The maximum absolute atomic E-state index is 8.16. The third-order valence-corrected chi connectivity index (χ3v) is 0.979. The molecule has 2 N–H and O–H groups in total. The van der Waals surface area contributed by atoms with Gasteiger partial charge in [-0.05, 0) is 0 Å². The van der Waals surface area contributed by atoms with Crippen molar-refractivity contribution in [2.45, 2.75) is 10.2 Å². The highest BCUT2D eigenvalue weighted by Crippen LogP contribution is 2.30. The lowest BCUT2D eigenvalue weighted by Crippen LogP contribution is -1.99. The second kappa shape index (κ2) is 3.40. The van der Waals surface area contributed by atoms with Gasteiger partial charge in [-0.3, -0.25) is 0 Å². The van der Waals surface area contributed by atoms with Crippen molar-refractivity contribution < 1.29 is 10.2 Å². The van der Waals surface area contributed by atoms with Gasteiger partial charge in [0.2, 0.25) is 0 Å². The minimum atomic E-state index is -1.45. The highest BCUT2D eigenvalue weighted by Gasteiger charge is 2.17. The van der Waals surface area contributed by atoms with Gasteiger partial charge >= 0.3 is 0 Å². The van der Waals surface area contributed by atoms with Crippen molar-refractivity contribution in [3.05, 3.63) is 12.0 Å². The van der Waals surface area contributed by atoms with Crippen molar-refractivity contribution in [3.63, 3.8) is 0 Å². The van der Waals surface area contributed by atoms with Gasteiger partial charge < -0.3 is 10.2 Å². The van der Waals surface area contributed by atoms with Crippen LogP contribution in [0.3, 0.4) is 0 Å². The zero-order chi connectivity index (χ0) is 7.49. The summed E-state index contributed by atoms with van der Waals surface area (Å²) in [7, 11) is 0. The Morgan fingerprint density at radius 2 is 1.78 bits per heavy atom. The SMILES string of the molecule is OC(O)=CCC(Cl)(Cl)Cl. The van der Waals surface area contributed by atoms with Crippen LogP contribution in [0.2, 0.25) is 0 Å². The summed E-state index contributed by atoms with van der Waals surface area (Å²) in [6, 6.07) is 0. The van der Waals surface area contributed by atoms with Crippen molar-refractivity contribution in [2.24, 2.45) is 0 Å². The van der Waals surface area contributed by atoms with E-state index in [0.717, 1.165) is 6.08 Å². The minimum absolute atomic E-state index is 0.0139. The Hall–Kier alpha value is 0.210. The summed E-state index contributed by atoms with van der Waals surface area (Å²) >= 11 is 15.7. The first-order chi connectivity index (χ1) is 3.92. The Bertz CT molecular complexity index is 111. The molecule has 0 aliphatic heterocycles. The number of hydrogen-bond acceptors (Lipinski definition) is 2. The molecule has 0 atom stereocenters. The molecule has 0 spiro atoms. The fourth-order valence-corrected chi connectivity index (χ4v) is 0.438. The van der Waals surface area contributed by atoms with Crippen LogP contribution in [0.4, 0.5) is 0 Å². The largest absolute Gasteiger partial charge is 0.481 e. The van der Waals surface area contributed by atoms with Crippen LogP contribution in [0.1, 0.15) is 6.42 Å². The van der Waals surface area contributed by atoms with E-state index in [-0.39, 0.29) is 6.42 Å². The van der Waals surface area contributed by atoms with E-state index in [4.69, 9.17) is 45.0 Å². The molecule has 0 bridgehead atoms. The van der Waals surface area contributed by atoms with E-state index in [1.165, 1.54) is 0 Å². The van der Waals surface area contributed by atoms with Gasteiger partial charge in [0.05, 0.1) is 0 Å². The van der Waals surface area contributed by atoms with Crippen LogP contribution < -0.4 is 0 Å². The Morgan fingerprint density at radius 1 is 1.33 bits per heavy atom. The van der Waals surface area contributed by atoms with Gasteiger partial charge in [0, 0.05) is 12.5 Å². The molecule has 0 aromatic heterocycles. The Kier molecular flexibility index (Phi) is 3.48. The number of alkyl halides is 3. The number of allylic oxidation sites excluding steroid dienone is 1. The van der Waals surface area contributed by atoms with E-state index in [1.54, 1.807) is 0 Å². The average molecular weight is 191 g/mol. The molecular weight excluding hydrogens is 186 g/mol. The summed E-state index contributed by atoms with van der Waals surface area (Å²) in [6.45, 7) is 0. The number of rotatable bonds is 1. The molecule has 0 saturated carbocycles. The summed E-state index contributed by atoms with van der Waals surface area (Å²) in [5.74, 6) is -0.832. The lowest BCUT2D eigenvalue weighted by Gasteiger charge is -2.04. The molecule has 0 saturated heterocycles. The molecule has 0 heterocycles. The first kappa shape index (κ1) is 9.21. The van der Waals surface area contributed by atoms with Gasteiger partial charge in [-0.25, -0.2) is 0 Å². The fourth-order valence-electron chi connectivity index (χ4n) is 0.207. The Morgan fingerprint density at radius 3 is 1.89 bits per heavy atom. The fraction of sp³-hybridized carbons (Fsp3) is 0.500. The molecule has 0 unspecified atom stereocenters. The van der Waals surface area contributed by atoms with E-state index in [0.29, 0.717) is 0 Å². The Balaban J connectivity index is 3.64. The predicted molar refractivity (Wildman–Crippen MR) is 38.2 cm³/mol. The zero-order valence-electron chi connectivity index (χ0n) is 4.31. The third kappa shape index (κ3) is 8.21. The highest BCUT2D eigenvalue weighted by molar-refractivity contribution is 6.67. The van der Waals surface area contributed by atoms with Crippen LogP contribution in [0.15, 0.2) is 12.0 Å². The van der Waals surface area contributed by atoms with Crippen molar-refractivity contribution in [1.29, 1.82) is 0 Å². The lowest BCUT2D eigenvalue weighted by molar-refractivity contribution is 0.189. The molecule has 54 valence electrons. The van der Waals surface area contributed by atoms with Crippen LogP contribution in [0, 0.1) is 0 Å². The van der Waals surface area contributed by atoms with Crippen molar-refractivity contribution in [2.75, 3.05) is 0 Å². The van der Waals surface area contributed by atoms with Crippen molar-refractivity contribution >= 4 is 34.8 Å². The monoisotopic (exact) mass is 190 g/mol. The summed E-state index contributed by atoms with van der Waals surface area (Å²) in [5.41, 5.74) is 0. The molecule has 2 nitrogen and oxygen atoms in total. The minimum Gasteiger partial charge on any atom is -0.481 e. The maximum Gasteiger partial charge on any atom is 0.270 e. The summed E-state index contributed by atoms with van der Waals surface area (Å²) < 4.78 is -1.45. The van der Waals surface area contributed by atoms with Crippen molar-refractivity contribution in [1.82, 2.24) is 0 Å². The molecule has 0 aliphatic carbocycles. The van der Waals surface area contributed by atoms with E-state index in [9.17, 15) is 0 Å². The second-order valence-corrected chi connectivity index (χ2v) is 3.90.